The number of aromatic nitrogens is 3. The summed E-state index contributed by atoms with van der Waals surface area (Å²) in [6, 6.07) is 6.22. The van der Waals surface area contributed by atoms with Crippen molar-refractivity contribution >= 4 is 29.9 Å². The average molecular weight is 572 g/mol. The highest BCUT2D eigenvalue weighted by atomic mass is 127. The zero-order valence-corrected chi connectivity index (χ0v) is 22.3. The average Bonchev–Trinajstić information content (AvgIpc) is 3.13. The van der Waals surface area contributed by atoms with E-state index >= 15 is 0 Å². The summed E-state index contributed by atoms with van der Waals surface area (Å²) in [7, 11) is 3.45. The van der Waals surface area contributed by atoms with Crippen molar-refractivity contribution in [2.24, 2.45) is 4.99 Å². The predicted octanol–water partition coefficient (Wildman–Crippen LogP) is 2.48. The van der Waals surface area contributed by atoms with Crippen LogP contribution in [-0.2, 0) is 30.8 Å². The van der Waals surface area contributed by atoms with Crippen molar-refractivity contribution in [1.29, 1.82) is 0 Å². The molecule has 184 valence electrons. The summed E-state index contributed by atoms with van der Waals surface area (Å²) in [5.74, 6) is 2.52. The lowest BCUT2D eigenvalue weighted by atomic mass is 10.1. The minimum atomic E-state index is 0. The van der Waals surface area contributed by atoms with Gasteiger partial charge in [0.15, 0.2) is 5.96 Å². The van der Waals surface area contributed by atoms with Gasteiger partial charge in [0.2, 0.25) is 0 Å². The lowest BCUT2D eigenvalue weighted by Crippen LogP contribution is -2.38. The number of hydrogen-bond donors (Lipinski definition) is 2. The van der Waals surface area contributed by atoms with Crippen LogP contribution in [0.1, 0.15) is 42.6 Å². The number of nitrogens with zero attached hydrogens (tertiary/aromatic N) is 4. The number of methoxy groups -OCH3 is 1. The topological polar surface area (TPSA) is 94.7 Å². The molecule has 0 unspecified atom stereocenters. The van der Waals surface area contributed by atoms with Crippen LogP contribution in [0.2, 0.25) is 0 Å². The molecule has 3 rings (SSSR count). The first-order valence-electron chi connectivity index (χ1n) is 11.4. The second kappa shape index (κ2) is 14.2. The molecule has 1 aliphatic heterocycles. The zero-order chi connectivity index (χ0) is 22.8. The molecular weight excluding hydrogens is 535 g/mol. The molecule has 0 saturated heterocycles. The maximum absolute atomic E-state index is 12.4. The Bertz CT molecular complexity index is 956. The molecule has 1 aromatic heterocycles. The van der Waals surface area contributed by atoms with Gasteiger partial charge in [0, 0.05) is 65.3 Å². The molecule has 0 amide bonds. The molecule has 2 heterocycles. The van der Waals surface area contributed by atoms with Crippen LogP contribution in [0, 0.1) is 6.92 Å². The van der Waals surface area contributed by atoms with Crippen LogP contribution in [0.3, 0.4) is 0 Å². The maximum atomic E-state index is 12.4. The first-order valence-corrected chi connectivity index (χ1v) is 11.4. The van der Waals surface area contributed by atoms with Crippen LogP contribution in [0.4, 0.5) is 0 Å². The maximum Gasteiger partial charge on any atom is 0.345 e. The van der Waals surface area contributed by atoms with E-state index in [1.54, 1.807) is 18.8 Å². The number of aryl methyl sites for hydroxylation is 3. The number of rotatable bonds is 11. The Morgan fingerprint density at radius 3 is 2.82 bits per heavy atom. The molecule has 0 bridgehead atoms. The largest absolute Gasteiger partial charge is 0.493 e. The summed E-state index contributed by atoms with van der Waals surface area (Å²) in [6.45, 7) is 6.05. The fourth-order valence-corrected chi connectivity index (χ4v) is 3.76. The number of guanidine groups is 1. The van der Waals surface area contributed by atoms with Crippen LogP contribution < -0.4 is 21.1 Å². The lowest BCUT2D eigenvalue weighted by Gasteiger charge is -2.15. The van der Waals surface area contributed by atoms with Gasteiger partial charge in [-0.25, -0.2) is 9.48 Å². The number of aliphatic imine (C=N–C) groups is 1. The number of halogens is 1. The molecule has 1 aromatic carbocycles. The van der Waals surface area contributed by atoms with Gasteiger partial charge in [0.1, 0.15) is 11.6 Å². The molecule has 9 nitrogen and oxygen atoms in total. The van der Waals surface area contributed by atoms with Crippen LogP contribution in [0.5, 0.6) is 5.75 Å². The SMILES string of the molecule is CN=C(NCCCn1nc2n(c1=O)CCCC2)NCc1ccc(C)cc1OCCCOC.I. The third kappa shape index (κ3) is 8.02. The van der Waals surface area contributed by atoms with Gasteiger partial charge in [0.25, 0.3) is 0 Å². The fraction of sp³-hybridized carbons (Fsp3) is 0.609. The van der Waals surface area contributed by atoms with Crippen molar-refractivity contribution in [3.8, 4) is 5.75 Å². The van der Waals surface area contributed by atoms with Crippen molar-refractivity contribution < 1.29 is 9.47 Å². The smallest absolute Gasteiger partial charge is 0.345 e. The Morgan fingerprint density at radius 1 is 1.21 bits per heavy atom. The molecule has 0 spiro atoms. The van der Waals surface area contributed by atoms with E-state index in [0.717, 1.165) is 61.3 Å². The Morgan fingerprint density at radius 2 is 2.06 bits per heavy atom. The molecule has 0 saturated carbocycles. The first kappa shape index (κ1) is 27.2. The highest BCUT2D eigenvalue weighted by molar-refractivity contribution is 14.0. The minimum absolute atomic E-state index is 0. The predicted molar refractivity (Wildman–Crippen MR) is 141 cm³/mol. The first-order chi connectivity index (χ1) is 15.6. The second-order valence-corrected chi connectivity index (χ2v) is 8.04. The molecule has 2 aromatic rings. The molecule has 33 heavy (non-hydrogen) atoms. The third-order valence-electron chi connectivity index (χ3n) is 5.51. The summed E-state index contributed by atoms with van der Waals surface area (Å²) in [6.07, 6.45) is 4.71. The molecule has 10 heteroatoms. The number of fused-ring (bicyclic) bond motifs is 1. The quantitative estimate of drug-likeness (QED) is 0.186. The van der Waals surface area contributed by atoms with E-state index in [1.165, 1.54) is 0 Å². The van der Waals surface area contributed by atoms with E-state index in [9.17, 15) is 4.79 Å². The Hall–Kier alpha value is -2.08. The van der Waals surface area contributed by atoms with Crippen molar-refractivity contribution in [2.45, 2.75) is 58.7 Å². The number of ether oxygens (including phenoxy) is 2. The van der Waals surface area contributed by atoms with Crippen LogP contribution in [0.15, 0.2) is 28.0 Å². The Labute approximate surface area is 213 Å². The fourth-order valence-electron chi connectivity index (χ4n) is 3.76. The van der Waals surface area contributed by atoms with E-state index in [0.29, 0.717) is 38.8 Å². The summed E-state index contributed by atoms with van der Waals surface area (Å²) < 4.78 is 14.5. The van der Waals surface area contributed by atoms with E-state index in [2.05, 4.69) is 45.8 Å². The number of hydrogen-bond acceptors (Lipinski definition) is 5. The highest BCUT2D eigenvalue weighted by Gasteiger charge is 2.16. The molecule has 2 N–H and O–H groups in total. The van der Waals surface area contributed by atoms with Crippen molar-refractivity contribution in [2.75, 3.05) is 33.9 Å². The van der Waals surface area contributed by atoms with Crippen molar-refractivity contribution in [1.82, 2.24) is 25.0 Å². The van der Waals surface area contributed by atoms with Crippen molar-refractivity contribution in [3.05, 3.63) is 45.6 Å². The van der Waals surface area contributed by atoms with Gasteiger partial charge in [-0.05, 0) is 37.8 Å². The van der Waals surface area contributed by atoms with Gasteiger partial charge < -0.3 is 20.1 Å². The van der Waals surface area contributed by atoms with Gasteiger partial charge in [-0.2, -0.15) is 5.10 Å². The number of nitrogens with one attached hydrogen (secondary N) is 2. The molecule has 0 atom stereocenters. The van der Waals surface area contributed by atoms with E-state index in [-0.39, 0.29) is 29.7 Å². The normalized spacial score (nSPS) is 13.2. The highest BCUT2D eigenvalue weighted by Crippen LogP contribution is 2.20. The lowest BCUT2D eigenvalue weighted by molar-refractivity contribution is 0.171. The molecular formula is C23H37IN6O3. The standard InChI is InChI=1S/C23H36N6O3.HI/c1-18-9-10-19(20(16-18)32-15-7-14-31-3)17-26-22(24-2)25-11-6-13-29-23(30)28-12-5-4-8-21(28)27-29;/h9-10,16H,4-8,11-15,17H2,1-3H3,(H2,24,25,26);1H. The van der Waals surface area contributed by atoms with Crippen LogP contribution >= 0.6 is 24.0 Å². The van der Waals surface area contributed by atoms with Crippen LogP contribution in [0.25, 0.3) is 0 Å². The summed E-state index contributed by atoms with van der Waals surface area (Å²) in [5.41, 5.74) is 2.25. The van der Waals surface area contributed by atoms with Gasteiger partial charge >= 0.3 is 5.69 Å². The number of benzene rings is 1. The summed E-state index contributed by atoms with van der Waals surface area (Å²) in [4.78, 5) is 16.7. The second-order valence-electron chi connectivity index (χ2n) is 8.04. The minimum Gasteiger partial charge on any atom is -0.493 e. The van der Waals surface area contributed by atoms with Gasteiger partial charge in [-0.15, -0.1) is 24.0 Å². The van der Waals surface area contributed by atoms with E-state index in [4.69, 9.17) is 9.47 Å². The van der Waals surface area contributed by atoms with E-state index < -0.39 is 0 Å². The van der Waals surface area contributed by atoms with E-state index in [1.807, 2.05) is 4.57 Å². The van der Waals surface area contributed by atoms with Crippen LogP contribution in [-0.4, -0.2) is 54.2 Å². The summed E-state index contributed by atoms with van der Waals surface area (Å²) >= 11 is 0. The van der Waals surface area contributed by atoms with Crippen molar-refractivity contribution in [3.63, 3.8) is 0 Å². The molecule has 0 radical (unpaired) electrons. The molecule has 1 aliphatic rings. The Balaban J connectivity index is 0.00000385. The summed E-state index contributed by atoms with van der Waals surface area (Å²) in [5, 5.41) is 11.1. The monoisotopic (exact) mass is 572 g/mol. The molecule has 0 fully saturated rings. The van der Waals surface area contributed by atoms with Gasteiger partial charge in [0.05, 0.1) is 6.61 Å². The third-order valence-corrected chi connectivity index (χ3v) is 5.51. The molecule has 0 aliphatic carbocycles. The van der Waals surface area contributed by atoms with Gasteiger partial charge in [-0.3, -0.25) is 9.56 Å². The van der Waals surface area contributed by atoms with Gasteiger partial charge in [-0.1, -0.05) is 12.1 Å². The zero-order valence-electron chi connectivity index (χ0n) is 19.9. The Kier molecular flexibility index (Phi) is 11.7.